The predicted molar refractivity (Wildman–Crippen MR) is 125 cm³/mol. The largest absolute Gasteiger partial charge is 0.507 e. The SMILES string of the molecule is O=C(Oc1ccc(C=NNC(=O)c2cc3ccccc3cc2O)cc1[N+](=O)[O-])c1ccccc1. The van der Waals surface area contributed by atoms with Gasteiger partial charge in [-0.3, -0.25) is 14.9 Å². The van der Waals surface area contributed by atoms with Gasteiger partial charge in [0.1, 0.15) is 5.75 Å². The molecular weight excluding hydrogens is 438 g/mol. The van der Waals surface area contributed by atoms with Gasteiger partial charge in [0.05, 0.1) is 22.3 Å². The number of nitro groups is 1. The maximum absolute atomic E-state index is 12.4. The van der Waals surface area contributed by atoms with Gasteiger partial charge in [-0.15, -0.1) is 0 Å². The van der Waals surface area contributed by atoms with E-state index in [9.17, 15) is 24.8 Å². The number of fused-ring (bicyclic) bond motifs is 1. The molecule has 0 heterocycles. The van der Waals surface area contributed by atoms with Crippen molar-refractivity contribution < 1.29 is 24.4 Å². The van der Waals surface area contributed by atoms with Crippen molar-refractivity contribution in [3.8, 4) is 11.5 Å². The van der Waals surface area contributed by atoms with E-state index in [1.807, 2.05) is 18.2 Å². The van der Waals surface area contributed by atoms with E-state index in [1.54, 1.807) is 24.3 Å². The Morgan fingerprint density at radius 1 is 0.941 bits per heavy atom. The molecule has 2 N–H and O–H groups in total. The molecule has 0 unspecified atom stereocenters. The maximum atomic E-state index is 12.4. The molecule has 1 amide bonds. The third kappa shape index (κ3) is 4.89. The number of esters is 1. The molecule has 9 heteroatoms. The fraction of sp³-hybridized carbons (Fsp3) is 0. The second-order valence-electron chi connectivity index (χ2n) is 7.16. The van der Waals surface area contributed by atoms with Gasteiger partial charge in [-0.05, 0) is 47.2 Å². The lowest BCUT2D eigenvalue weighted by molar-refractivity contribution is -0.385. The average molecular weight is 455 g/mol. The Kier molecular flexibility index (Phi) is 6.26. The molecular formula is C25H17N3O6. The predicted octanol–water partition coefficient (Wildman–Crippen LogP) is 4.44. The minimum absolute atomic E-state index is 0.0324. The van der Waals surface area contributed by atoms with Crippen LogP contribution in [0, 0.1) is 10.1 Å². The van der Waals surface area contributed by atoms with Gasteiger partial charge in [0.15, 0.2) is 0 Å². The number of hydrogen-bond donors (Lipinski definition) is 2. The minimum atomic E-state index is -0.729. The summed E-state index contributed by atoms with van der Waals surface area (Å²) in [6.07, 6.45) is 1.20. The first-order valence-electron chi connectivity index (χ1n) is 10.0. The lowest BCUT2D eigenvalue weighted by Gasteiger charge is -2.06. The lowest BCUT2D eigenvalue weighted by Crippen LogP contribution is -2.17. The smallest absolute Gasteiger partial charge is 0.343 e. The van der Waals surface area contributed by atoms with Gasteiger partial charge in [-0.2, -0.15) is 5.10 Å². The first kappa shape index (κ1) is 22.2. The summed E-state index contributed by atoms with van der Waals surface area (Å²) in [6, 6.07) is 22.2. The molecule has 0 radical (unpaired) electrons. The molecule has 0 aliphatic heterocycles. The van der Waals surface area contributed by atoms with E-state index in [1.165, 1.54) is 42.6 Å². The van der Waals surface area contributed by atoms with Gasteiger partial charge in [0.25, 0.3) is 5.91 Å². The van der Waals surface area contributed by atoms with Crippen LogP contribution in [-0.2, 0) is 0 Å². The molecule has 0 spiro atoms. The molecule has 0 aliphatic carbocycles. The highest BCUT2D eigenvalue weighted by atomic mass is 16.6. The Morgan fingerprint density at radius 2 is 1.62 bits per heavy atom. The molecule has 0 bridgehead atoms. The number of hydrogen-bond acceptors (Lipinski definition) is 7. The van der Waals surface area contributed by atoms with Gasteiger partial charge in [0, 0.05) is 11.6 Å². The van der Waals surface area contributed by atoms with Crippen LogP contribution in [0.4, 0.5) is 5.69 Å². The Labute approximate surface area is 193 Å². The number of ether oxygens (including phenoxy) is 1. The van der Waals surface area contributed by atoms with Crippen molar-refractivity contribution in [2.24, 2.45) is 5.10 Å². The summed E-state index contributed by atoms with van der Waals surface area (Å²) in [6.45, 7) is 0. The quantitative estimate of drug-likeness (QED) is 0.145. The normalized spacial score (nSPS) is 10.8. The molecule has 0 aromatic heterocycles. The summed E-state index contributed by atoms with van der Waals surface area (Å²) >= 11 is 0. The van der Waals surface area contributed by atoms with E-state index in [4.69, 9.17) is 4.74 Å². The van der Waals surface area contributed by atoms with Crippen LogP contribution in [0.2, 0.25) is 0 Å². The standard InChI is InChI=1S/C25H17N3O6/c29-22-14-19-9-5-4-8-18(19)13-20(22)24(30)27-26-15-16-10-11-23(21(12-16)28(32)33)34-25(31)17-6-2-1-3-7-17/h1-15,29H,(H,27,30). The molecule has 168 valence electrons. The number of nitro benzene ring substituents is 1. The van der Waals surface area contributed by atoms with E-state index >= 15 is 0 Å². The number of aromatic hydroxyl groups is 1. The Balaban J connectivity index is 1.49. The van der Waals surface area contributed by atoms with Crippen molar-refractivity contribution in [3.05, 3.63) is 112 Å². The number of benzene rings is 4. The summed E-state index contributed by atoms with van der Waals surface area (Å²) in [7, 11) is 0. The van der Waals surface area contributed by atoms with Crippen LogP contribution in [0.3, 0.4) is 0 Å². The number of hydrazone groups is 1. The highest BCUT2D eigenvalue weighted by Crippen LogP contribution is 2.28. The van der Waals surface area contributed by atoms with Crippen LogP contribution in [0.25, 0.3) is 10.8 Å². The molecule has 0 fully saturated rings. The summed E-state index contributed by atoms with van der Waals surface area (Å²) in [5.41, 5.74) is 2.42. The van der Waals surface area contributed by atoms with Crippen molar-refractivity contribution in [1.82, 2.24) is 5.43 Å². The number of rotatable bonds is 6. The van der Waals surface area contributed by atoms with Crippen molar-refractivity contribution >= 4 is 34.6 Å². The molecule has 4 rings (SSSR count). The number of amides is 1. The molecule has 0 saturated carbocycles. The van der Waals surface area contributed by atoms with Crippen LogP contribution < -0.4 is 10.2 Å². The zero-order valence-electron chi connectivity index (χ0n) is 17.5. The zero-order valence-corrected chi connectivity index (χ0v) is 17.5. The highest BCUT2D eigenvalue weighted by molar-refractivity contribution is 6.01. The second kappa shape index (κ2) is 9.61. The summed E-state index contributed by atoms with van der Waals surface area (Å²) < 4.78 is 5.17. The summed E-state index contributed by atoms with van der Waals surface area (Å²) in [4.78, 5) is 35.5. The molecule has 34 heavy (non-hydrogen) atoms. The van der Waals surface area contributed by atoms with E-state index in [-0.39, 0.29) is 28.2 Å². The van der Waals surface area contributed by atoms with Crippen LogP contribution >= 0.6 is 0 Å². The van der Waals surface area contributed by atoms with Gasteiger partial charge in [-0.1, -0.05) is 42.5 Å². The van der Waals surface area contributed by atoms with Gasteiger partial charge in [-0.25, -0.2) is 10.2 Å². The van der Waals surface area contributed by atoms with Gasteiger partial charge < -0.3 is 9.84 Å². The first-order valence-corrected chi connectivity index (χ1v) is 10.0. The van der Waals surface area contributed by atoms with Crippen LogP contribution in [-0.4, -0.2) is 28.1 Å². The number of nitrogens with one attached hydrogen (secondary N) is 1. The monoisotopic (exact) mass is 455 g/mol. The zero-order chi connectivity index (χ0) is 24.1. The number of carbonyl (C=O) groups excluding carboxylic acids is 2. The van der Waals surface area contributed by atoms with Crippen molar-refractivity contribution in [2.45, 2.75) is 0 Å². The van der Waals surface area contributed by atoms with E-state index in [0.29, 0.717) is 0 Å². The number of phenols is 1. The summed E-state index contributed by atoms with van der Waals surface area (Å²) in [5, 5.41) is 27.0. The molecule has 0 aliphatic rings. The number of carbonyl (C=O) groups is 2. The highest BCUT2D eigenvalue weighted by Gasteiger charge is 2.19. The molecule has 9 nitrogen and oxygen atoms in total. The Morgan fingerprint density at radius 3 is 2.32 bits per heavy atom. The average Bonchev–Trinajstić information content (AvgIpc) is 2.84. The Hall–Kier alpha value is -5.05. The van der Waals surface area contributed by atoms with E-state index in [2.05, 4.69) is 10.5 Å². The van der Waals surface area contributed by atoms with Gasteiger partial charge >= 0.3 is 11.7 Å². The molecule has 4 aromatic carbocycles. The van der Waals surface area contributed by atoms with Crippen LogP contribution in [0.1, 0.15) is 26.3 Å². The second-order valence-corrected chi connectivity index (χ2v) is 7.16. The van der Waals surface area contributed by atoms with Gasteiger partial charge in [0.2, 0.25) is 5.75 Å². The fourth-order valence-corrected chi connectivity index (χ4v) is 3.21. The van der Waals surface area contributed by atoms with Crippen LogP contribution in [0.5, 0.6) is 11.5 Å². The third-order valence-corrected chi connectivity index (χ3v) is 4.88. The van der Waals surface area contributed by atoms with E-state index in [0.717, 1.165) is 16.8 Å². The minimum Gasteiger partial charge on any atom is -0.507 e. The fourth-order valence-electron chi connectivity index (χ4n) is 3.21. The van der Waals surface area contributed by atoms with Crippen molar-refractivity contribution in [1.29, 1.82) is 0 Å². The topological polar surface area (TPSA) is 131 Å². The first-order chi connectivity index (χ1) is 16.4. The van der Waals surface area contributed by atoms with Crippen molar-refractivity contribution in [3.63, 3.8) is 0 Å². The number of nitrogens with zero attached hydrogens (tertiary/aromatic N) is 2. The third-order valence-electron chi connectivity index (χ3n) is 4.88. The molecule has 0 atom stereocenters. The van der Waals surface area contributed by atoms with Crippen molar-refractivity contribution in [2.75, 3.05) is 0 Å². The molecule has 0 saturated heterocycles. The Bertz CT molecular complexity index is 1430. The maximum Gasteiger partial charge on any atom is 0.343 e. The lowest BCUT2D eigenvalue weighted by atomic mass is 10.1. The van der Waals surface area contributed by atoms with Crippen LogP contribution in [0.15, 0.2) is 90.0 Å². The molecule has 4 aromatic rings. The number of phenolic OH excluding ortho intramolecular Hbond substituents is 1. The van der Waals surface area contributed by atoms with E-state index < -0.39 is 22.5 Å². The summed E-state index contributed by atoms with van der Waals surface area (Å²) in [5.74, 6) is -1.80.